The first-order chi connectivity index (χ1) is 40.4. The number of rotatable bonds is 0. The lowest BCUT2D eigenvalue weighted by Gasteiger charge is -2.48. The van der Waals surface area contributed by atoms with Gasteiger partial charge in [-0.3, -0.25) is 14.3 Å². The summed E-state index contributed by atoms with van der Waals surface area (Å²) in [4.78, 5) is 31.5. The van der Waals surface area contributed by atoms with Gasteiger partial charge < -0.3 is 38.2 Å². The molecule has 10 aliphatic rings. The van der Waals surface area contributed by atoms with Gasteiger partial charge in [0, 0.05) is 92.6 Å². The molecule has 1 unspecified atom stereocenters. The van der Waals surface area contributed by atoms with E-state index in [1.54, 1.807) is 18.2 Å². The Morgan fingerprint density at radius 3 is 1.54 bits per heavy atom. The number of nitrogens with one attached hydrogen (secondary N) is 2. The van der Waals surface area contributed by atoms with Crippen LogP contribution in [0.1, 0.15) is 121 Å². The van der Waals surface area contributed by atoms with E-state index in [-0.39, 0.29) is 71.1 Å². The van der Waals surface area contributed by atoms with Crippen molar-refractivity contribution in [2.75, 3.05) is 87.1 Å². The summed E-state index contributed by atoms with van der Waals surface area (Å²) in [5.74, 6) is 6.47. The monoisotopic (exact) mass is 1230 g/mol. The van der Waals surface area contributed by atoms with E-state index < -0.39 is 25.6 Å². The van der Waals surface area contributed by atoms with E-state index in [2.05, 4.69) is 63.2 Å². The van der Waals surface area contributed by atoms with Crippen LogP contribution in [0, 0.1) is 35.5 Å². The maximum Gasteiger partial charge on any atom is 0.264 e. The van der Waals surface area contributed by atoms with E-state index in [4.69, 9.17) is 51.6 Å². The number of hydrogen-bond acceptors (Lipinski definition) is 13. The van der Waals surface area contributed by atoms with Gasteiger partial charge in [0.1, 0.15) is 11.5 Å². The van der Waals surface area contributed by atoms with Gasteiger partial charge >= 0.3 is 0 Å². The Balaban J connectivity index is 0.000000157. The Hall–Kier alpha value is -4.59. The van der Waals surface area contributed by atoms with Crippen LogP contribution in [0.4, 0.5) is 11.4 Å². The minimum atomic E-state index is -3.87. The summed E-state index contributed by atoms with van der Waals surface area (Å²) in [6, 6.07) is 23.4. The molecule has 8 bridgehead atoms. The molecule has 13 atom stereocenters. The number of nitrogens with zero attached hydrogens (tertiary/aromatic N) is 2. The SMILES string of the molecule is C=S1(=O)CCO[C@@H]2C[C@@H](OC[C@H]2C)[C@@H]2CC[C@H]2CN2C[C@@]3(CCCc4cc(Cl)ccc43)COc3ccc(cc32)C(=O)N1.C[C@@H]1CO[C@H]2C[C@H]1OCCS(=O)(=O)NC(=O)c1ccc3c(c1)N(C[C@@H]1CC[C@H]12)C[C@@]1(CCCc2cc(Cl)ccc21)CO3. The normalized spacial score (nSPS) is 35.3. The highest BCUT2D eigenvalue weighted by Gasteiger charge is 2.49. The summed E-state index contributed by atoms with van der Waals surface area (Å²) in [6.45, 7) is 10.2. The van der Waals surface area contributed by atoms with Crippen molar-refractivity contribution < 1.29 is 50.6 Å². The van der Waals surface area contributed by atoms with E-state index in [1.165, 1.54) is 22.3 Å². The third-order valence-corrected chi connectivity index (χ3v) is 23.8. The van der Waals surface area contributed by atoms with Crippen LogP contribution in [0.15, 0.2) is 72.8 Å². The topological polar surface area (TPSA) is 171 Å². The molecule has 4 aromatic carbocycles. The Morgan fingerprint density at radius 1 is 0.583 bits per heavy atom. The van der Waals surface area contributed by atoms with Gasteiger partial charge in [-0.25, -0.2) is 17.3 Å². The molecule has 2 N–H and O–H groups in total. The summed E-state index contributed by atoms with van der Waals surface area (Å²) in [7, 11) is -6.75. The number of carbonyl (C=O) groups is 2. The van der Waals surface area contributed by atoms with Crippen LogP contribution >= 0.6 is 23.2 Å². The van der Waals surface area contributed by atoms with Crippen molar-refractivity contribution in [1.82, 2.24) is 9.44 Å². The molecule has 2 saturated heterocycles. The smallest absolute Gasteiger partial charge is 0.264 e. The Morgan fingerprint density at radius 2 is 1.06 bits per heavy atom. The number of benzene rings is 4. The summed E-state index contributed by atoms with van der Waals surface area (Å²) < 4.78 is 82.3. The number of hydrogen-bond donors (Lipinski definition) is 2. The first kappa shape index (κ1) is 58.4. The van der Waals surface area contributed by atoms with Gasteiger partial charge in [-0.15, -0.1) is 0 Å². The van der Waals surface area contributed by atoms with Crippen molar-refractivity contribution in [2.45, 2.75) is 126 Å². The fourth-order valence-electron chi connectivity index (χ4n) is 15.8. The Bertz CT molecular complexity index is 3190. The summed E-state index contributed by atoms with van der Waals surface area (Å²) in [5.41, 5.74) is 7.31. The zero-order valence-corrected chi connectivity index (χ0v) is 51.5. The Labute approximate surface area is 505 Å². The van der Waals surface area contributed by atoms with Crippen LogP contribution < -0.4 is 28.7 Å². The molecular weight excluding hydrogens is 1150 g/mol. The largest absolute Gasteiger partial charge is 0.490 e. The second-order valence-electron chi connectivity index (χ2n) is 26.3. The average Bonchev–Trinajstić information content (AvgIpc) is 3.41. The van der Waals surface area contributed by atoms with Crippen molar-refractivity contribution in [3.8, 4) is 11.5 Å². The average molecular weight is 1230 g/mol. The molecule has 4 aliphatic carbocycles. The van der Waals surface area contributed by atoms with Crippen LogP contribution in [0.2, 0.25) is 10.0 Å². The third-order valence-electron chi connectivity index (χ3n) is 20.7. The molecule has 0 aromatic heterocycles. The minimum absolute atomic E-state index is 0.0407. The zero-order chi connectivity index (χ0) is 58.1. The van der Waals surface area contributed by atoms with Gasteiger partial charge in [0.25, 0.3) is 11.8 Å². The summed E-state index contributed by atoms with van der Waals surface area (Å²) >= 11 is 12.8. The molecule has 452 valence electrons. The van der Waals surface area contributed by atoms with Crippen LogP contribution in [0.3, 0.4) is 0 Å². The number of anilines is 2. The van der Waals surface area contributed by atoms with Crippen molar-refractivity contribution in [2.24, 2.45) is 35.5 Å². The van der Waals surface area contributed by atoms with Gasteiger partial charge in [0.05, 0.1) is 86.9 Å². The second-order valence-corrected chi connectivity index (χ2v) is 31.2. The minimum Gasteiger partial charge on any atom is -0.490 e. The lowest BCUT2D eigenvalue weighted by molar-refractivity contribution is -0.140. The molecule has 6 aliphatic heterocycles. The van der Waals surface area contributed by atoms with Crippen molar-refractivity contribution in [1.29, 1.82) is 0 Å². The molecule has 84 heavy (non-hydrogen) atoms. The van der Waals surface area contributed by atoms with Crippen molar-refractivity contribution >= 4 is 72.0 Å². The number of sulfonamides is 1. The first-order valence-corrected chi connectivity index (χ1v) is 35.0. The summed E-state index contributed by atoms with van der Waals surface area (Å²) in [6.07, 6.45) is 12.5. The zero-order valence-electron chi connectivity index (χ0n) is 48.3. The third kappa shape index (κ3) is 11.8. The molecule has 4 fully saturated rings. The van der Waals surface area contributed by atoms with Crippen LogP contribution in [-0.2, 0) is 62.4 Å². The van der Waals surface area contributed by atoms with E-state index in [0.717, 1.165) is 136 Å². The number of amides is 2. The predicted molar refractivity (Wildman–Crippen MR) is 328 cm³/mol. The lowest BCUT2D eigenvalue weighted by Crippen LogP contribution is -2.51. The molecule has 15 nitrogen and oxygen atoms in total. The van der Waals surface area contributed by atoms with Gasteiger partial charge in [-0.2, -0.15) is 0 Å². The molecule has 2 spiro atoms. The van der Waals surface area contributed by atoms with E-state index in [1.807, 2.05) is 30.3 Å². The highest BCUT2D eigenvalue weighted by atomic mass is 35.5. The molecular formula is C65H80Cl2N4O11S2. The Kier molecular flexibility index (Phi) is 16.3. The van der Waals surface area contributed by atoms with Gasteiger partial charge in [-0.05, 0) is 177 Å². The number of halogens is 2. The lowest BCUT2D eigenvalue weighted by atomic mass is 9.67. The van der Waals surface area contributed by atoms with Gasteiger partial charge in [-0.1, -0.05) is 49.2 Å². The van der Waals surface area contributed by atoms with Crippen LogP contribution in [0.25, 0.3) is 0 Å². The number of ether oxygens (including phenoxy) is 6. The summed E-state index contributed by atoms with van der Waals surface area (Å²) in [5, 5.41) is 1.52. The maximum absolute atomic E-state index is 13.4. The van der Waals surface area contributed by atoms with E-state index >= 15 is 0 Å². The molecule has 0 radical (unpaired) electrons. The molecule has 2 saturated carbocycles. The van der Waals surface area contributed by atoms with Crippen LogP contribution in [0.5, 0.6) is 11.5 Å². The standard InChI is InChI=1S/C33H41ClN2O5S.C32H39ClN2O6S/c1-21-18-40-31-16-30(21)39-12-13-42(2,38)35-32(37)23-6-10-29-28(15-23)36(17-24-5-8-26(24)31)19-33(20-41-29)11-3-4-22-14-25(34)7-9-27(22)33;1-20-17-40-30-15-29(20)39-11-12-42(37,38)34-31(36)22-5-9-28-27(14-22)35(16-23-4-7-25(23)30)18-32(19-41-28)10-2-3-21-13-24(33)6-8-26(21)32/h6-7,9-10,14-15,21,24,26,30-31H,2-5,8,11-13,16-20H2,1H3,(H,35,37,38);5-6,8-9,13-14,20,23,25,29-30H,2-4,7,10-12,15-19H2,1H3,(H,34,36)/t21-,24+,26-,30-,31-,33+,42?;20-,23+,25-,29-,30+,32+/m11/s1. The predicted octanol–water partition coefficient (Wildman–Crippen LogP) is 9.75. The fourth-order valence-corrected chi connectivity index (χ4v) is 17.9. The first-order valence-electron chi connectivity index (χ1n) is 30.7. The van der Waals surface area contributed by atoms with Gasteiger partial charge in [0.2, 0.25) is 10.0 Å². The molecule has 2 amide bonds. The van der Waals surface area contributed by atoms with E-state index in [0.29, 0.717) is 67.8 Å². The van der Waals surface area contributed by atoms with Crippen molar-refractivity contribution in [3.63, 3.8) is 0 Å². The molecule has 4 aromatic rings. The quantitative estimate of drug-likeness (QED) is 0.160. The number of carbonyl (C=O) groups excluding carboxylic acids is 2. The highest BCUT2D eigenvalue weighted by molar-refractivity contribution is 7.99. The second kappa shape index (κ2) is 23.5. The van der Waals surface area contributed by atoms with E-state index in [9.17, 15) is 22.2 Å². The molecule has 14 rings (SSSR count). The maximum atomic E-state index is 13.4. The number of aryl methyl sites for hydroxylation is 2. The molecule has 6 heterocycles. The van der Waals surface area contributed by atoms with Crippen molar-refractivity contribution in [3.05, 3.63) is 116 Å². The van der Waals surface area contributed by atoms with Crippen LogP contribution in [-0.4, -0.2) is 132 Å². The highest BCUT2D eigenvalue weighted by Crippen LogP contribution is 2.50. The molecule has 19 heteroatoms. The van der Waals surface area contributed by atoms with Gasteiger partial charge in [0.15, 0.2) is 0 Å². The number of fused-ring (bicyclic) bond motifs is 14. The fraction of sp³-hybridized carbons (Fsp3) is 0.585.